The summed E-state index contributed by atoms with van der Waals surface area (Å²) in [5.41, 5.74) is 3.25. The van der Waals surface area contributed by atoms with Gasteiger partial charge in [-0.25, -0.2) is 9.59 Å². The number of benzene rings is 2. The van der Waals surface area contributed by atoms with Gasteiger partial charge in [0.05, 0.1) is 11.4 Å². The van der Waals surface area contributed by atoms with E-state index in [0.717, 1.165) is 35.4 Å². The van der Waals surface area contributed by atoms with E-state index in [0.29, 0.717) is 37.3 Å². The molecule has 3 N–H and O–H groups in total. The molecule has 2 atom stereocenters. The Morgan fingerprint density at radius 1 is 0.702 bits per heavy atom. The quantitative estimate of drug-likeness (QED) is 0.281. The Kier molecular flexibility index (Phi) is 9.60. The van der Waals surface area contributed by atoms with Crippen LogP contribution in [0.25, 0.3) is 22.5 Å². The van der Waals surface area contributed by atoms with Crippen LogP contribution >= 0.6 is 0 Å². The third-order valence-electron chi connectivity index (χ3n) is 7.86. The van der Waals surface area contributed by atoms with E-state index in [4.69, 9.17) is 9.47 Å². The fourth-order valence-corrected chi connectivity index (χ4v) is 5.68. The lowest BCUT2D eigenvalue weighted by atomic mass is 10.1. The van der Waals surface area contributed by atoms with Gasteiger partial charge in [-0.15, -0.1) is 0 Å². The van der Waals surface area contributed by atoms with E-state index in [9.17, 15) is 19.2 Å². The number of nitrogens with one attached hydrogen (secondary N) is 3. The van der Waals surface area contributed by atoms with E-state index >= 15 is 0 Å². The minimum atomic E-state index is -0.632. The smallest absolute Gasteiger partial charge is 0.410 e. The Bertz CT molecular complexity index is 1480. The normalized spacial score (nSPS) is 18.2. The number of amides is 4. The first kappa shape index (κ1) is 33.5. The summed E-state index contributed by atoms with van der Waals surface area (Å²) in [6, 6.07) is 15.5. The van der Waals surface area contributed by atoms with Crippen molar-refractivity contribution in [3.63, 3.8) is 0 Å². The molecule has 2 aliphatic rings. The summed E-state index contributed by atoms with van der Waals surface area (Å²) in [6.07, 6.45) is 1.70. The number of carbonyl (C=O) groups excluding carboxylic acids is 4. The van der Waals surface area contributed by atoms with Gasteiger partial charge in [0.25, 0.3) is 0 Å². The number of nitrogens with zero attached hydrogens (tertiary/aromatic N) is 3. The second kappa shape index (κ2) is 13.5. The number of rotatable bonds is 6. The van der Waals surface area contributed by atoms with Crippen LogP contribution in [0, 0.1) is 0 Å². The standard InChI is InChI=1S/C35H44N6O6/c1-34(2,3)46-32(44)40-19-7-9-28(40)30(42)36-24-15-11-22(12-16-24)26-21-27(39-38-26)23-13-17-25(18-14-23)37-31(43)29-10-8-20-41(29)33(45)47-35(4,5)6/h11-18,21,28-29H,7-10,19-20H2,1-6H3,(H,36,42)(H,37,43)(H,38,39)/t28-,29-/m0/s1. The average molecular weight is 645 g/mol. The third-order valence-corrected chi connectivity index (χ3v) is 7.86. The zero-order valence-corrected chi connectivity index (χ0v) is 27.9. The molecule has 2 saturated heterocycles. The molecule has 3 aromatic rings. The van der Waals surface area contributed by atoms with E-state index in [1.54, 1.807) is 53.7 Å². The number of aromatic nitrogens is 2. The van der Waals surface area contributed by atoms with Gasteiger partial charge >= 0.3 is 12.2 Å². The predicted octanol–water partition coefficient (Wildman–Crippen LogP) is 6.42. The van der Waals surface area contributed by atoms with Gasteiger partial charge in [-0.2, -0.15) is 5.10 Å². The van der Waals surface area contributed by atoms with Gasteiger partial charge in [0.1, 0.15) is 23.3 Å². The fraction of sp³-hybridized carbons (Fsp3) is 0.457. The Balaban J connectivity index is 1.17. The van der Waals surface area contributed by atoms with Gasteiger partial charge in [0, 0.05) is 30.0 Å². The number of hydrogen-bond acceptors (Lipinski definition) is 7. The van der Waals surface area contributed by atoms with Gasteiger partial charge in [0.15, 0.2) is 0 Å². The molecule has 0 unspecified atom stereocenters. The summed E-state index contributed by atoms with van der Waals surface area (Å²) in [7, 11) is 0. The van der Waals surface area contributed by atoms with Crippen molar-refractivity contribution in [2.75, 3.05) is 23.7 Å². The van der Waals surface area contributed by atoms with E-state index in [1.165, 1.54) is 9.80 Å². The van der Waals surface area contributed by atoms with Gasteiger partial charge in [-0.1, -0.05) is 24.3 Å². The Morgan fingerprint density at radius 2 is 1.13 bits per heavy atom. The van der Waals surface area contributed by atoms with Crippen molar-refractivity contribution in [2.24, 2.45) is 0 Å². The first-order valence-corrected chi connectivity index (χ1v) is 16.0. The van der Waals surface area contributed by atoms with E-state index in [1.807, 2.05) is 42.5 Å². The van der Waals surface area contributed by atoms with Crippen molar-refractivity contribution in [1.82, 2.24) is 20.0 Å². The van der Waals surface area contributed by atoms with Crippen LogP contribution in [0.2, 0.25) is 0 Å². The summed E-state index contributed by atoms with van der Waals surface area (Å²) in [6.45, 7) is 11.8. The lowest BCUT2D eigenvalue weighted by molar-refractivity contribution is -0.121. The molecule has 0 spiro atoms. The summed E-state index contributed by atoms with van der Waals surface area (Å²) in [5.74, 6) is -0.486. The average Bonchev–Trinajstić information content (AvgIpc) is 3.77. The van der Waals surface area contributed by atoms with Crippen molar-refractivity contribution in [2.45, 2.75) is 90.5 Å². The molecule has 12 nitrogen and oxygen atoms in total. The Morgan fingerprint density at radius 3 is 1.55 bits per heavy atom. The highest BCUT2D eigenvalue weighted by atomic mass is 16.6. The van der Waals surface area contributed by atoms with E-state index in [2.05, 4.69) is 20.8 Å². The summed E-state index contributed by atoms with van der Waals surface area (Å²) in [4.78, 5) is 54.2. The minimum Gasteiger partial charge on any atom is -0.444 e. The zero-order chi connectivity index (χ0) is 33.9. The molecule has 5 rings (SSSR count). The number of carbonyl (C=O) groups is 4. The molecule has 0 aliphatic carbocycles. The molecule has 1 aromatic heterocycles. The second-order valence-electron chi connectivity index (χ2n) is 14.0. The van der Waals surface area contributed by atoms with Crippen LogP contribution in [0.5, 0.6) is 0 Å². The number of anilines is 2. The van der Waals surface area contributed by atoms with Gasteiger partial charge in [-0.3, -0.25) is 24.5 Å². The molecule has 2 aromatic carbocycles. The SMILES string of the molecule is CC(C)(C)OC(=O)N1CCC[C@H]1C(=O)Nc1ccc(-c2cc(-c3ccc(NC(=O)[C@@H]4CCCN4C(=O)OC(C)(C)C)cc3)[nH]n2)cc1. The maximum atomic E-state index is 13.0. The molecular weight excluding hydrogens is 600 g/mol. The summed E-state index contributed by atoms with van der Waals surface area (Å²) in [5, 5.41) is 13.4. The maximum Gasteiger partial charge on any atom is 0.410 e. The Hall–Kier alpha value is -4.87. The highest BCUT2D eigenvalue weighted by Crippen LogP contribution is 2.28. The summed E-state index contributed by atoms with van der Waals surface area (Å²) >= 11 is 0. The lowest BCUT2D eigenvalue weighted by Crippen LogP contribution is -2.45. The largest absolute Gasteiger partial charge is 0.444 e. The number of H-pyrrole nitrogens is 1. The molecule has 2 fully saturated rings. The topological polar surface area (TPSA) is 146 Å². The van der Waals surface area contributed by atoms with Crippen LogP contribution in [-0.2, 0) is 19.1 Å². The molecule has 0 bridgehead atoms. The molecule has 12 heteroatoms. The molecule has 47 heavy (non-hydrogen) atoms. The fourth-order valence-electron chi connectivity index (χ4n) is 5.68. The molecule has 0 saturated carbocycles. The predicted molar refractivity (Wildman–Crippen MR) is 179 cm³/mol. The number of likely N-dealkylation sites (tertiary alicyclic amines) is 2. The molecule has 3 heterocycles. The highest BCUT2D eigenvalue weighted by molar-refractivity contribution is 5.98. The molecule has 250 valence electrons. The van der Waals surface area contributed by atoms with Crippen molar-refractivity contribution in [3.8, 4) is 22.5 Å². The molecule has 0 radical (unpaired) electrons. The van der Waals surface area contributed by atoms with Crippen molar-refractivity contribution in [1.29, 1.82) is 0 Å². The van der Waals surface area contributed by atoms with Gasteiger partial charge in [-0.05, 0) is 103 Å². The zero-order valence-electron chi connectivity index (χ0n) is 27.9. The number of aromatic amines is 1. The lowest BCUT2D eigenvalue weighted by Gasteiger charge is -2.28. The Labute approximate surface area is 275 Å². The highest BCUT2D eigenvalue weighted by Gasteiger charge is 2.38. The molecule has 4 amide bonds. The van der Waals surface area contributed by atoms with Crippen molar-refractivity contribution < 1.29 is 28.7 Å². The van der Waals surface area contributed by atoms with E-state index in [-0.39, 0.29) is 11.8 Å². The number of ether oxygens (including phenoxy) is 2. The minimum absolute atomic E-state index is 0.242. The second-order valence-corrected chi connectivity index (χ2v) is 14.0. The third kappa shape index (κ3) is 8.49. The van der Waals surface area contributed by atoms with Crippen LogP contribution in [-0.4, -0.2) is 80.4 Å². The van der Waals surface area contributed by atoms with E-state index < -0.39 is 35.5 Å². The van der Waals surface area contributed by atoms with Gasteiger partial charge in [0.2, 0.25) is 11.8 Å². The number of hydrogen-bond donors (Lipinski definition) is 3. The molecule has 2 aliphatic heterocycles. The van der Waals surface area contributed by atoms with Crippen LogP contribution in [0.4, 0.5) is 21.0 Å². The van der Waals surface area contributed by atoms with Crippen LogP contribution < -0.4 is 10.6 Å². The first-order chi connectivity index (χ1) is 22.2. The molecular formula is C35H44N6O6. The van der Waals surface area contributed by atoms with Gasteiger partial charge < -0.3 is 20.1 Å². The van der Waals surface area contributed by atoms with Crippen molar-refractivity contribution in [3.05, 3.63) is 54.6 Å². The van der Waals surface area contributed by atoms with Crippen LogP contribution in [0.1, 0.15) is 67.2 Å². The monoisotopic (exact) mass is 644 g/mol. The van der Waals surface area contributed by atoms with Crippen LogP contribution in [0.3, 0.4) is 0 Å². The first-order valence-electron chi connectivity index (χ1n) is 16.0. The maximum absolute atomic E-state index is 13.0. The van der Waals surface area contributed by atoms with Crippen LogP contribution in [0.15, 0.2) is 54.6 Å². The van der Waals surface area contributed by atoms with Crippen molar-refractivity contribution >= 4 is 35.4 Å². The summed E-state index contributed by atoms with van der Waals surface area (Å²) < 4.78 is 11.0.